The molecule has 0 radical (unpaired) electrons. The quantitative estimate of drug-likeness (QED) is 0.753. The highest BCUT2D eigenvalue weighted by Gasteiger charge is 2.17. The van der Waals surface area contributed by atoms with Gasteiger partial charge in [0.1, 0.15) is 0 Å². The van der Waals surface area contributed by atoms with Gasteiger partial charge in [0.05, 0.1) is 11.7 Å². The maximum Gasteiger partial charge on any atom is 0.171 e. The molecule has 104 valence electrons. The molecule has 0 aliphatic rings. The van der Waals surface area contributed by atoms with Crippen LogP contribution < -0.4 is 5.32 Å². The van der Waals surface area contributed by atoms with Gasteiger partial charge in [-0.15, -0.1) is 0 Å². The Labute approximate surface area is 109 Å². The Morgan fingerprint density at radius 3 is 2.39 bits per heavy atom. The molecule has 1 rings (SSSR count). The van der Waals surface area contributed by atoms with Crippen molar-refractivity contribution < 1.29 is 9.47 Å². The number of ether oxygens (including phenoxy) is 2. The number of nitrogens with one attached hydrogen (secondary N) is 1. The molecule has 0 saturated heterocycles. The van der Waals surface area contributed by atoms with Gasteiger partial charge in [-0.25, -0.2) is 0 Å². The average molecular weight is 255 g/mol. The zero-order chi connectivity index (χ0) is 13.7. The fourth-order valence-corrected chi connectivity index (χ4v) is 2.05. The van der Waals surface area contributed by atoms with E-state index in [-0.39, 0.29) is 12.3 Å². The van der Waals surface area contributed by atoms with E-state index in [9.17, 15) is 0 Å². The molecule has 1 aromatic heterocycles. The van der Waals surface area contributed by atoms with E-state index in [4.69, 9.17) is 9.47 Å². The van der Waals surface area contributed by atoms with Crippen LogP contribution in [0.4, 0.5) is 0 Å². The second kappa shape index (κ2) is 6.87. The predicted molar refractivity (Wildman–Crippen MR) is 71.4 cm³/mol. The second-order valence-electron chi connectivity index (χ2n) is 4.88. The monoisotopic (exact) mass is 255 g/mol. The van der Waals surface area contributed by atoms with Crippen LogP contribution in [-0.4, -0.2) is 36.3 Å². The van der Waals surface area contributed by atoms with Crippen molar-refractivity contribution in [1.82, 2.24) is 15.1 Å². The first-order chi connectivity index (χ1) is 8.49. The molecule has 5 nitrogen and oxygen atoms in total. The van der Waals surface area contributed by atoms with Crippen molar-refractivity contribution in [2.24, 2.45) is 7.05 Å². The molecule has 5 heteroatoms. The highest BCUT2D eigenvalue weighted by molar-refractivity contribution is 5.20. The summed E-state index contributed by atoms with van der Waals surface area (Å²) >= 11 is 0. The van der Waals surface area contributed by atoms with Gasteiger partial charge in [-0.3, -0.25) is 4.68 Å². The standard InChI is InChI=1S/C13H25N3O2/c1-9(2)12-11(8-16(4)15-12)7-14-10(3)13(17-5)18-6/h8-10,13-14H,7H2,1-6H3. The Balaban J connectivity index is 2.63. The van der Waals surface area contributed by atoms with Crippen molar-refractivity contribution >= 4 is 0 Å². The molecule has 0 aliphatic carbocycles. The summed E-state index contributed by atoms with van der Waals surface area (Å²) in [7, 11) is 5.25. The molecule has 0 spiro atoms. The minimum absolute atomic E-state index is 0.125. The Morgan fingerprint density at radius 2 is 1.89 bits per heavy atom. The van der Waals surface area contributed by atoms with Crippen molar-refractivity contribution in [2.75, 3.05) is 14.2 Å². The van der Waals surface area contributed by atoms with Gasteiger partial charge in [0.25, 0.3) is 0 Å². The second-order valence-corrected chi connectivity index (χ2v) is 4.88. The normalized spacial score (nSPS) is 13.6. The van der Waals surface area contributed by atoms with Crippen LogP contribution in [0.3, 0.4) is 0 Å². The molecule has 0 aromatic carbocycles. The van der Waals surface area contributed by atoms with Crippen LogP contribution in [0.2, 0.25) is 0 Å². The van der Waals surface area contributed by atoms with Gasteiger partial charge in [0.15, 0.2) is 6.29 Å². The lowest BCUT2D eigenvalue weighted by Crippen LogP contribution is -2.39. The number of hydrogen-bond acceptors (Lipinski definition) is 4. The van der Waals surface area contributed by atoms with E-state index >= 15 is 0 Å². The number of rotatable bonds is 7. The summed E-state index contributed by atoms with van der Waals surface area (Å²) in [6, 6.07) is 0.125. The third-order valence-corrected chi connectivity index (χ3v) is 2.97. The molecular formula is C13H25N3O2. The number of hydrogen-bond donors (Lipinski definition) is 1. The van der Waals surface area contributed by atoms with Gasteiger partial charge in [0, 0.05) is 39.6 Å². The number of methoxy groups -OCH3 is 2. The van der Waals surface area contributed by atoms with Crippen LogP contribution in [0.15, 0.2) is 6.20 Å². The summed E-state index contributed by atoms with van der Waals surface area (Å²) in [5.74, 6) is 0.430. The third kappa shape index (κ3) is 3.80. The van der Waals surface area contributed by atoms with Crippen LogP contribution in [0.1, 0.15) is 37.9 Å². The van der Waals surface area contributed by atoms with E-state index in [1.807, 2.05) is 18.7 Å². The molecule has 1 aromatic rings. The Bertz CT molecular complexity index is 359. The van der Waals surface area contributed by atoms with Crippen molar-refractivity contribution in [3.63, 3.8) is 0 Å². The van der Waals surface area contributed by atoms with E-state index in [1.165, 1.54) is 5.56 Å². The number of nitrogens with zero attached hydrogens (tertiary/aromatic N) is 2. The zero-order valence-electron chi connectivity index (χ0n) is 12.2. The van der Waals surface area contributed by atoms with E-state index < -0.39 is 0 Å². The smallest absolute Gasteiger partial charge is 0.171 e. The minimum atomic E-state index is -0.232. The Kier molecular flexibility index (Phi) is 5.78. The van der Waals surface area contributed by atoms with Crippen molar-refractivity contribution in [3.8, 4) is 0 Å². The Hall–Kier alpha value is -0.910. The molecule has 0 amide bonds. The molecule has 0 aliphatic heterocycles. The lowest BCUT2D eigenvalue weighted by Gasteiger charge is -2.22. The third-order valence-electron chi connectivity index (χ3n) is 2.97. The van der Waals surface area contributed by atoms with E-state index in [2.05, 4.69) is 30.5 Å². The van der Waals surface area contributed by atoms with Gasteiger partial charge in [0.2, 0.25) is 0 Å². The highest BCUT2D eigenvalue weighted by atomic mass is 16.7. The van der Waals surface area contributed by atoms with Crippen LogP contribution in [0.5, 0.6) is 0 Å². The minimum Gasteiger partial charge on any atom is -0.354 e. The molecule has 1 heterocycles. The van der Waals surface area contributed by atoms with Crippen LogP contribution in [0.25, 0.3) is 0 Å². The van der Waals surface area contributed by atoms with Crippen LogP contribution >= 0.6 is 0 Å². The first-order valence-corrected chi connectivity index (χ1v) is 6.31. The van der Waals surface area contributed by atoms with Crippen LogP contribution in [-0.2, 0) is 23.1 Å². The zero-order valence-corrected chi connectivity index (χ0v) is 12.2. The van der Waals surface area contributed by atoms with E-state index in [1.54, 1.807) is 14.2 Å². The van der Waals surface area contributed by atoms with Gasteiger partial charge in [-0.1, -0.05) is 13.8 Å². The lowest BCUT2D eigenvalue weighted by molar-refractivity contribution is -0.119. The predicted octanol–water partition coefficient (Wildman–Crippen LogP) is 1.64. The maximum atomic E-state index is 5.23. The summed E-state index contributed by atoms with van der Waals surface area (Å²) in [5.41, 5.74) is 2.37. The molecule has 1 N–H and O–H groups in total. The summed E-state index contributed by atoms with van der Waals surface area (Å²) < 4.78 is 12.3. The van der Waals surface area contributed by atoms with Crippen molar-refractivity contribution in [1.29, 1.82) is 0 Å². The largest absolute Gasteiger partial charge is 0.354 e. The van der Waals surface area contributed by atoms with Gasteiger partial charge in [-0.2, -0.15) is 5.10 Å². The SMILES string of the molecule is COC(OC)C(C)NCc1cn(C)nc1C(C)C. The summed E-state index contributed by atoms with van der Waals surface area (Å²) in [5, 5.41) is 7.89. The average Bonchev–Trinajstić information content (AvgIpc) is 2.69. The van der Waals surface area contributed by atoms with E-state index in [0.717, 1.165) is 12.2 Å². The Morgan fingerprint density at radius 1 is 1.28 bits per heavy atom. The fourth-order valence-electron chi connectivity index (χ4n) is 2.05. The molecular weight excluding hydrogens is 230 g/mol. The lowest BCUT2D eigenvalue weighted by atomic mass is 10.1. The molecule has 0 saturated carbocycles. The summed E-state index contributed by atoms with van der Waals surface area (Å²) in [6.45, 7) is 7.12. The molecule has 1 atom stereocenters. The molecule has 0 bridgehead atoms. The van der Waals surface area contributed by atoms with Gasteiger partial charge >= 0.3 is 0 Å². The number of aromatic nitrogens is 2. The summed E-state index contributed by atoms with van der Waals surface area (Å²) in [6.07, 6.45) is 1.83. The molecule has 0 fully saturated rings. The number of aryl methyl sites for hydroxylation is 1. The van der Waals surface area contributed by atoms with Crippen molar-refractivity contribution in [2.45, 2.75) is 45.6 Å². The summed E-state index contributed by atoms with van der Waals surface area (Å²) in [4.78, 5) is 0. The van der Waals surface area contributed by atoms with E-state index in [0.29, 0.717) is 5.92 Å². The van der Waals surface area contributed by atoms with Crippen LogP contribution in [0, 0.1) is 0 Å². The first kappa shape index (κ1) is 15.1. The molecule has 18 heavy (non-hydrogen) atoms. The highest BCUT2D eigenvalue weighted by Crippen LogP contribution is 2.17. The van der Waals surface area contributed by atoms with Crippen molar-refractivity contribution in [3.05, 3.63) is 17.5 Å². The first-order valence-electron chi connectivity index (χ1n) is 6.31. The fraction of sp³-hybridized carbons (Fsp3) is 0.769. The topological polar surface area (TPSA) is 48.3 Å². The van der Waals surface area contributed by atoms with Gasteiger partial charge in [-0.05, 0) is 12.8 Å². The maximum absolute atomic E-state index is 5.23. The van der Waals surface area contributed by atoms with Gasteiger partial charge < -0.3 is 14.8 Å². The molecule has 1 unspecified atom stereocenters.